The number of carbonyl (C=O) groups is 1. The van der Waals surface area contributed by atoms with Crippen LogP contribution in [0.4, 0.5) is 16.1 Å². The van der Waals surface area contributed by atoms with Crippen LogP contribution in [0.1, 0.15) is 5.76 Å². The Morgan fingerprint density at radius 3 is 2.85 bits per heavy atom. The molecule has 0 saturated carbocycles. The van der Waals surface area contributed by atoms with Crippen molar-refractivity contribution in [1.82, 2.24) is 10.2 Å². The van der Waals surface area contributed by atoms with Gasteiger partial charge in [-0.05, 0) is 6.07 Å². The largest absolute Gasteiger partial charge is 0.433 e. The lowest BCUT2D eigenvalue weighted by atomic mass is 10.2. The molecule has 11 nitrogen and oxygen atoms in total. The average Bonchev–Trinajstić information content (AvgIpc) is 3.30. The van der Waals surface area contributed by atoms with Gasteiger partial charge in [-0.1, -0.05) is 11.3 Å². The fourth-order valence-corrected chi connectivity index (χ4v) is 2.91. The summed E-state index contributed by atoms with van der Waals surface area (Å²) in [6.45, 7) is 2.56. The smallest absolute Gasteiger partial charge is 0.401 e. The number of ether oxygens (including phenoxy) is 1. The minimum atomic E-state index is -0.712. The standard InChI is InChI=1S/C14H12N6O5S/c15-8-9(7-10-1-2-11(25-10)20(22)23)12(21)16-13-17-18-14(26-13)19-3-5-24-6-4-19/h1-2,7H,3-6H2,(H,16,17,21). The fraction of sp³-hybridized carbons (Fsp3) is 0.286. The minimum Gasteiger partial charge on any atom is -0.401 e. The molecule has 0 unspecified atom stereocenters. The van der Waals surface area contributed by atoms with Gasteiger partial charge in [0, 0.05) is 19.2 Å². The summed E-state index contributed by atoms with van der Waals surface area (Å²) in [6.07, 6.45) is 1.12. The normalized spacial score (nSPS) is 14.7. The molecule has 2 aromatic heterocycles. The molecule has 0 radical (unpaired) electrons. The first-order chi connectivity index (χ1) is 12.6. The molecule has 1 saturated heterocycles. The van der Waals surface area contributed by atoms with E-state index in [2.05, 4.69) is 15.5 Å². The van der Waals surface area contributed by atoms with Gasteiger partial charge in [0.05, 0.1) is 19.3 Å². The summed E-state index contributed by atoms with van der Waals surface area (Å²) in [5.41, 5.74) is -0.280. The van der Waals surface area contributed by atoms with E-state index in [4.69, 9.17) is 14.4 Å². The van der Waals surface area contributed by atoms with Gasteiger partial charge in [-0.3, -0.25) is 20.2 Å². The number of furan rings is 1. The molecule has 2 aromatic rings. The molecule has 1 N–H and O–H groups in total. The van der Waals surface area contributed by atoms with Crippen LogP contribution < -0.4 is 10.2 Å². The van der Waals surface area contributed by atoms with E-state index in [1.54, 1.807) is 6.07 Å². The van der Waals surface area contributed by atoms with Crippen molar-refractivity contribution in [2.45, 2.75) is 0 Å². The molecule has 3 rings (SSSR count). The monoisotopic (exact) mass is 376 g/mol. The number of morpholine rings is 1. The number of carbonyl (C=O) groups excluding carboxylic acids is 1. The van der Waals surface area contributed by atoms with E-state index in [-0.39, 0.29) is 16.5 Å². The molecule has 0 aromatic carbocycles. The summed E-state index contributed by atoms with van der Waals surface area (Å²) >= 11 is 1.18. The average molecular weight is 376 g/mol. The van der Waals surface area contributed by atoms with Gasteiger partial charge >= 0.3 is 5.88 Å². The third kappa shape index (κ3) is 4.02. The number of nitriles is 1. The summed E-state index contributed by atoms with van der Waals surface area (Å²) in [5, 5.41) is 31.0. The Kier molecular flexibility index (Phi) is 5.20. The van der Waals surface area contributed by atoms with E-state index in [9.17, 15) is 14.9 Å². The predicted molar refractivity (Wildman–Crippen MR) is 90.5 cm³/mol. The highest BCUT2D eigenvalue weighted by Crippen LogP contribution is 2.25. The highest BCUT2D eigenvalue weighted by Gasteiger charge is 2.19. The number of rotatable bonds is 5. The van der Waals surface area contributed by atoms with Gasteiger partial charge in [-0.2, -0.15) is 5.26 Å². The second-order valence-electron chi connectivity index (χ2n) is 5.05. The van der Waals surface area contributed by atoms with Crippen molar-refractivity contribution in [2.24, 2.45) is 0 Å². The van der Waals surface area contributed by atoms with Crippen LogP contribution in [0, 0.1) is 21.4 Å². The number of nitrogens with zero attached hydrogens (tertiary/aromatic N) is 5. The van der Waals surface area contributed by atoms with Gasteiger partial charge in [0.1, 0.15) is 22.3 Å². The van der Waals surface area contributed by atoms with Crippen LogP contribution in [0.3, 0.4) is 0 Å². The molecular formula is C14H12N6O5S. The molecule has 0 spiro atoms. The van der Waals surface area contributed by atoms with Crippen LogP contribution in [-0.2, 0) is 9.53 Å². The minimum absolute atomic E-state index is 0.0228. The second kappa shape index (κ2) is 7.72. The topological polar surface area (TPSA) is 147 Å². The van der Waals surface area contributed by atoms with Gasteiger partial charge in [0.15, 0.2) is 0 Å². The Hall–Kier alpha value is -3.30. The summed E-state index contributed by atoms with van der Waals surface area (Å²) < 4.78 is 10.2. The number of aromatic nitrogens is 2. The number of nitro groups is 1. The molecule has 12 heteroatoms. The molecule has 1 aliphatic rings. The first-order valence-corrected chi connectivity index (χ1v) is 8.22. The molecule has 1 aliphatic heterocycles. The van der Waals surface area contributed by atoms with Crippen LogP contribution >= 0.6 is 11.3 Å². The van der Waals surface area contributed by atoms with Gasteiger partial charge in [-0.25, -0.2) is 0 Å². The lowest BCUT2D eigenvalue weighted by Crippen LogP contribution is -2.36. The Morgan fingerprint density at radius 1 is 1.42 bits per heavy atom. The molecule has 3 heterocycles. The highest BCUT2D eigenvalue weighted by atomic mass is 32.1. The molecular weight excluding hydrogens is 364 g/mol. The molecule has 0 atom stereocenters. The number of hydrogen-bond donors (Lipinski definition) is 1. The Labute approximate surface area is 150 Å². The predicted octanol–water partition coefficient (Wildman–Crippen LogP) is 1.42. The Bertz CT molecular complexity index is 892. The van der Waals surface area contributed by atoms with Crippen molar-refractivity contribution < 1.29 is 18.9 Å². The SMILES string of the molecule is N#CC(=Cc1ccc([N+](=O)[O-])o1)C(=O)Nc1nnc(N2CCOCC2)s1. The number of anilines is 2. The van der Waals surface area contributed by atoms with Gasteiger partial charge in [-0.15, -0.1) is 10.2 Å². The van der Waals surface area contributed by atoms with E-state index in [1.165, 1.54) is 17.4 Å². The van der Waals surface area contributed by atoms with Crippen LogP contribution in [-0.4, -0.2) is 47.3 Å². The van der Waals surface area contributed by atoms with Gasteiger partial charge in [0.25, 0.3) is 5.91 Å². The maximum Gasteiger partial charge on any atom is 0.433 e. The van der Waals surface area contributed by atoms with E-state index in [1.807, 2.05) is 4.90 Å². The Balaban J connectivity index is 1.69. The number of nitrogens with one attached hydrogen (secondary N) is 1. The molecule has 1 fully saturated rings. The molecule has 0 bridgehead atoms. The summed E-state index contributed by atoms with van der Waals surface area (Å²) in [7, 11) is 0. The van der Waals surface area contributed by atoms with Crippen LogP contribution in [0.5, 0.6) is 0 Å². The van der Waals surface area contributed by atoms with Crippen molar-refractivity contribution in [1.29, 1.82) is 5.26 Å². The second-order valence-corrected chi connectivity index (χ2v) is 6.00. The molecule has 0 aliphatic carbocycles. The van der Waals surface area contributed by atoms with E-state index < -0.39 is 16.7 Å². The zero-order chi connectivity index (χ0) is 18.5. The van der Waals surface area contributed by atoms with Crippen LogP contribution in [0.2, 0.25) is 0 Å². The summed E-state index contributed by atoms with van der Waals surface area (Å²) in [5.74, 6) is -1.17. The zero-order valence-electron chi connectivity index (χ0n) is 13.2. The highest BCUT2D eigenvalue weighted by molar-refractivity contribution is 7.19. The summed E-state index contributed by atoms with van der Waals surface area (Å²) in [6, 6.07) is 4.16. The van der Waals surface area contributed by atoms with Crippen LogP contribution in [0.15, 0.2) is 22.1 Å². The lowest BCUT2D eigenvalue weighted by Gasteiger charge is -2.25. The van der Waals surface area contributed by atoms with Crippen LogP contribution in [0.25, 0.3) is 6.08 Å². The maximum absolute atomic E-state index is 12.2. The quantitative estimate of drug-likeness (QED) is 0.354. The van der Waals surface area contributed by atoms with Gasteiger partial charge in [0.2, 0.25) is 10.3 Å². The lowest BCUT2D eigenvalue weighted by molar-refractivity contribution is -0.402. The number of hydrogen-bond acceptors (Lipinski definition) is 10. The first-order valence-electron chi connectivity index (χ1n) is 7.40. The van der Waals surface area contributed by atoms with E-state index >= 15 is 0 Å². The summed E-state index contributed by atoms with van der Waals surface area (Å²) in [4.78, 5) is 24.1. The van der Waals surface area contributed by atoms with Crippen molar-refractivity contribution in [3.63, 3.8) is 0 Å². The third-order valence-electron chi connectivity index (χ3n) is 3.36. The first kappa shape index (κ1) is 17.5. The van der Waals surface area contributed by atoms with E-state index in [0.717, 1.165) is 12.1 Å². The van der Waals surface area contributed by atoms with E-state index in [0.29, 0.717) is 31.4 Å². The molecule has 1 amide bonds. The Morgan fingerprint density at radius 2 is 2.19 bits per heavy atom. The number of amides is 1. The van der Waals surface area contributed by atoms with Gasteiger partial charge < -0.3 is 14.1 Å². The third-order valence-corrected chi connectivity index (χ3v) is 4.26. The van der Waals surface area contributed by atoms with Crippen molar-refractivity contribution >= 4 is 39.5 Å². The van der Waals surface area contributed by atoms with Crippen molar-refractivity contribution in [3.8, 4) is 6.07 Å². The van der Waals surface area contributed by atoms with Crippen molar-refractivity contribution in [3.05, 3.63) is 33.6 Å². The fourth-order valence-electron chi connectivity index (χ4n) is 2.12. The molecule has 134 valence electrons. The molecule has 26 heavy (non-hydrogen) atoms. The maximum atomic E-state index is 12.2. The van der Waals surface area contributed by atoms with Crippen molar-refractivity contribution in [2.75, 3.05) is 36.5 Å². The zero-order valence-corrected chi connectivity index (χ0v) is 14.1.